The second-order valence-electron chi connectivity index (χ2n) is 6.52. The Hall–Kier alpha value is -2.64. The number of hydrogen-bond acceptors (Lipinski definition) is 4. The Morgan fingerprint density at radius 3 is 2.67 bits per heavy atom. The van der Waals surface area contributed by atoms with Crippen LogP contribution < -0.4 is 5.32 Å². The van der Waals surface area contributed by atoms with Crippen LogP contribution >= 0.6 is 11.6 Å². The molecule has 2 aromatic carbocycles. The lowest BCUT2D eigenvalue weighted by molar-refractivity contribution is 0.102. The first kappa shape index (κ1) is 17.8. The van der Waals surface area contributed by atoms with Gasteiger partial charge in [0.2, 0.25) is 0 Å². The number of hydrogen-bond donors (Lipinski definition) is 1. The first-order valence-electron chi connectivity index (χ1n) is 8.27. The molecule has 0 saturated carbocycles. The molecule has 0 aliphatic carbocycles. The van der Waals surface area contributed by atoms with Crippen LogP contribution in [0.3, 0.4) is 0 Å². The van der Waals surface area contributed by atoms with Crippen LogP contribution in [0.1, 0.15) is 27.2 Å². The summed E-state index contributed by atoms with van der Waals surface area (Å²) in [6, 6.07) is 14.2. The number of amides is 1. The molecule has 0 saturated heterocycles. The highest BCUT2D eigenvalue weighted by Crippen LogP contribution is 2.33. The van der Waals surface area contributed by atoms with E-state index in [1.807, 2.05) is 13.0 Å². The minimum Gasteiger partial charge on any atom is -0.306 e. The van der Waals surface area contributed by atoms with E-state index in [2.05, 4.69) is 10.4 Å². The van der Waals surface area contributed by atoms with E-state index in [0.717, 1.165) is 5.56 Å². The van der Waals surface area contributed by atoms with Crippen LogP contribution in [0, 0.1) is 6.92 Å². The predicted octanol–water partition coefficient (Wildman–Crippen LogP) is 3.51. The molecule has 2 heterocycles. The van der Waals surface area contributed by atoms with Gasteiger partial charge in [0.05, 0.1) is 22.9 Å². The van der Waals surface area contributed by atoms with Crippen molar-refractivity contribution in [2.24, 2.45) is 0 Å². The summed E-state index contributed by atoms with van der Waals surface area (Å²) < 4.78 is 25.6. The zero-order valence-electron chi connectivity index (χ0n) is 14.4. The molecule has 27 heavy (non-hydrogen) atoms. The normalized spacial score (nSPS) is 14.7. The van der Waals surface area contributed by atoms with Crippen LogP contribution in [-0.4, -0.2) is 24.1 Å². The van der Waals surface area contributed by atoms with E-state index in [0.29, 0.717) is 33.3 Å². The maximum atomic E-state index is 12.7. The Labute approximate surface area is 161 Å². The lowest BCUT2D eigenvalue weighted by atomic mass is 10.1. The van der Waals surface area contributed by atoms with Gasteiger partial charge in [0.25, 0.3) is 5.91 Å². The summed E-state index contributed by atoms with van der Waals surface area (Å²) in [6.45, 7) is 1.90. The molecule has 0 atom stereocenters. The van der Waals surface area contributed by atoms with Crippen molar-refractivity contribution < 1.29 is 13.2 Å². The third-order valence-corrected chi connectivity index (χ3v) is 6.03. The molecule has 6 nitrogen and oxygen atoms in total. The van der Waals surface area contributed by atoms with Gasteiger partial charge in [-0.1, -0.05) is 35.4 Å². The summed E-state index contributed by atoms with van der Waals surface area (Å²) in [6.07, 6.45) is 0. The van der Waals surface area contributed by atoms with Crippen molar-refractivity contribution >= 4 is 33.2 Å². The fraction of sp³-hybridized carbons (Fsp3) is 0.158. The maximum absolute atomic E-state index is 12.7. The van der Waals surface area contributed by atoms with Crippen molar-refractivity contribution in [3.05, 3.63) is 75.9 Å². The molecule has 1 aliphatic rings. The Morgan fingerprint density at radius 2 is 1.93 bits per heavy atom. The summed E-state index contributed by atoms with van der Waals surface area (Å²) in [5.41, 5.74) is 3.07. The molecular formula is C19H16ClN3O3S. The van der Waals surface area contributed by atoms with Crippen molar-refractivity contribution in [3.8, 4) is 5.69 Å². The first-order chi connectivity index (χ1) is 12.8. The van der Waals surface area contributed by atoms with Crippen LogP contribution in [0.4, 0.5) is 5.82 Å². The fourth-order valence-corrected chi connectivity index (χ4v) is 4.81. The van der Waals surface area contributed by atoms with Gasteiger partial charge in [-0.05, 0) is 37.3 Å². The van der Waals surface area contributed by atoms with Crippen LogP contribution in [-0.2, 0) is 21.3 Å². The molecule has 0 fully saturated rings. The van der Waals surface area contributed by atoms with Crippen molar-refractivity contribution in [1.82, 2.24) is 9.78 Å². The van der Waals surface area contributed by atoms with Gasteiger partial charge in [0.15, 0.2) is 9.84 Å². The molecule has 1 aromatic heterocycles. The fourth-order valence-electron chi connectivity index (χ4n) is 3.13. The molecule has 8 heteroatoms. The van der Waals surface area contributed by atoms with Crippen molar-refractivity contribution in [3.63, 3.8) is 0 Å². The lowest BCUT2D eigenvalue weighted by Crippen LogP contribution is -2.17. The Morgan fingerprint density at radius 1 is 1.15 bits per heavy atom. The predicted molar refractivity (Wildman–Crippen MR) is 104 cm³/mol. The Balaban J connectivity index is 1.79. The number of anilines is 1. The molecule has 1 amide bonds. The van der Waals surface area contributed by atoms with Crippen molar-refractivity contribution in [2.75, 3.05) is 5.32 Å². The number of benzene rings is 2. The molecule has 1 aliphatic heterocycles. The Bertz CT molecular complexity index is 1170. The number of carbonyl (C=O) groups is 1. The second kappa shape index (κ2) is 6.51. The number of nitrogens with zero attached hydrogens (tertiary/aromatic N) is 2. The molecular weight excluding hydrogens is 386 g/mol. The average Bonchev–Trinajstić information content (AvgIpc) is 3.07. The third-order valence-electron chi connectivity index (χ3n) is 4.35. The van der Waals surface area contributed by atoms with Crippen molar-refractivity contribution in [1.29, 1.82) is 0 Å². The molecule has 0 unspecified atom stereocenters. The highest BCUT2D eigenvalue weighted by atomic mass is 35.5. The molecule has 0 spiro atoms. The summed E-state index contributed by atoms with van der Waals surface area (Å²) in [5, 5.41) is 7.79. The van der Waals surface area contributed by atoms with Gasteiger partial charge in [-0.25, -0.2) is 13.1 Å². The number of sulfone groups is 1. The van der Waals surface area contributed by atoms with Crippen LogP contribution in [0.25, 0.3) is 5.69 Å². The maximum Gasteiger partial charge on any atom is 0.256 e. The Kier molecular flexibility index (Phi) is 4.28. The molecule has 138 valence electrons. The molecule has 0 bridgehead atoms. The second-order valence-corrected chi connectivity index (χ2v) is 9.02. The molecule has 1 N–H and O–H groups in total. The van der Waals surface area contributed by atoms with E-state index in [1.54, 1.807) is 47.1 Å². The van der Waals surface area contributed by atoms with Gasteiger partial charge in [-0.15, -0.1) is 0 Å². The number of fused-ring (bicyclic) bond motifs is 1. The van der Waals surface area contributed by atoms with E-state index >= 15 is 0 Å². The quantitative estimate of drug-likeness (QED) is 0.728. The minimum absolute atomic E-state index is 0.136. The van der Waals surface area contributed by atoms with Gasteiger partial charge in [-0.2, -0.15) is 5.10 Å². The smallest absolute Gasteiger partial charge is 0.256 e. The van der Waals surface area contributed by atoms with Crippen molar-refractivity contribution in [2.45, 2.75) is 18.4 Å². The summed E-state index contributed by atoms with van der Waals surface area (Å²) in [5.74, 6) is -0.246. The van der Waals surface area contributed by atoms with Gasteiger partial charge in [-0.3, -0.25) is 4.79 Å². The minimum atomic E-state index is -3.25. The van der Waals surface area contributed by atoms with Crippen LogP contribution in [0.2, 0.25) is 5.02 Å². The number of aryl methyl sites for hydroxylation is 1. The summed E-state index contributed by atoms with van der Waals surface area (Å²) >= 11 is 6.08. The van der Waals surface area contributed by atoms with E-state index in [4.69, 9.17) is 11.6 Å². The van der Waals surface area contributed by atoms with Gasteiger partial charge >= 0.3 is 0 Å². The SMILES string of the molecule is Cc1cccc(C(=O)Nc2c3c(nn2-c2cccc(Cl)c2)CS(=O)(=O)C3)c1. The summed E-state index contributed by atoms with van der Waals surface area (Å²) in [4.78, 5) is 12.7. The number of nitrogens with one attached hydrogen (secondary N) is 1. The third kappa shape index (κ3) is 3.48. The van der Waals surface area contributed by atoms with E-state index < -0.39 is 9.84 Å². The molecule has 4 rings (SSSR count). The van der Waals surface area contributed by atoms with Gasteiger partial charge in [0, 0.05) is 16.1 Å². The largest absolute Gasteiger partial charge is 0.306 e. The number of halogens is 1. The zero-order valence-corrected chi connectivity index (χ0v) is 16.0. The standard InChI is InChI=1S/C19H16ClN3O3S/c1-12-4-2-5-13(8-12)19(24)21-18-16-10-27(25,26)11-17(16)22-23(18)15-7-3-6-14(20)9-15/h2-9H,10-11H2,1H3,(H,21,24). The van der Waals surface area contributed by atoms with Gasteiger partial charge < -0.3 is 5.32 Å². The number of carbonyl (C=O) groups excluding carboxylic acids is 1. The summed E-state index contributed by atoms with van der Waals surface area (Å²) in [7, 11) is -3.25. The van der Waals surface area contributed by atoms with Crippen LogP contribution in [0.15, 0.2) is 48.5 Å². The number of rotatable bonds is 3. The highest BCUT2D eigenvalue weighted by Gasteiger charge is 2.33. The van der Waals surface area contributed by atoms with Gasteiger partial charge in [0.1, 0.15) is 5.82 Å². The lowest BCUT2D eigenvalue weighted by Gasteiger charge is -2.11. The number of aromatic nitrogens is 2. The molecule has 3 aromatic rings. The van der Waals surface area contributed by atoms with E-state index in [-0.39, 0.29) is 17.4 Å². The average molecular weight is 402 g/mol. The van der Waals surface area contributed by atoms with E-state index in [9.17, 15) is 13.2 Å². The first-order valence-corrected chi connectivity index (χ1v) is 10.5. The topological polar surface area (TPSA) is 81.1 Å². The zero-order chi connectivity index (χ0) is 19.2. The highest BCUT2D eigenvalue weighted by molar-refractivity contribution is 7.90. The molecule has 0 radical (unpaired) electrons. The monoisotopic (exact) mass is 401 g/mol. The van der Waals surface area contributed by atoms with E-state index in [1.165, 1.54) is 0 Å². The van der Waals surface area contributed by atoms with Crippen LogP contribution in [0.5, 0.6) is 0 Å².